The van der Waals surface area contributed by atoms with Gasteiger partial charge in [0.2, 0.25) is 0 Å². The van der Waals surface area contributed by atoms with Crippen LogP contribution in [-0.2, 0) is 4.74 Å². The molecule has 22 heavy (non-hydrogen) atoms. The van der Waals surface area contributed by atoms with E-state index in [4.69, 9.17) is 9.47 Å². The van der Waals surface area contributed by atoms with Gasteiger partial charge < -0.3 is 19.3 Å². The number of piperazine rings is 1. The number of hydrogen-bond donors (Lipinski definition) is 0. The van der Waals surface area contributed by atoms with E-state index in [2.05, 4.69) is 16.8 Å². The fraction of sp³-hybridized carbons (Fsp3) is 0.647. The first kappa shape index (κ1) is 18.7. The first-order valence-electron chi connectivity index (χ1n) is 8.05. The second kappa shape index (κ2) is 10.4. The number of anilines is 1. The molecule has 2 rings (SSSR count). The van der Waals surface area contributed by atoms with Crippen LogP contribution in [0.1, 0.15) is 20.3 Å². The standard InChI is InChI=1S/C15H23FN2O2.C2H6/c1-17-6-8-18(9-7-17)15-5-4-13(12-14(15)16)20-11-3-10-19-2;1-2/h4-5,12H,3,6-11H2,1-2H3;1-2H3. The molecule has 126 valence electrons. The van der Waals surface area contributed by atoms with Crippen LogP contribution in [0.15, 0.2) is 18.2 Å². The summed E-state index contributed by atoms with van der Waals surface area (Å²) in [7, 11) is 3.75. The summed E-state index contributed by atoms with van der Waals surface area (Å²) in [6.45, 7) is 8.86. The fourth-order valence-electron chi connectivity index (χ4n) is 2.27. The van der Waals surface area contributed by atoms with Gasteiger partial charge in [0.15, 0.2) is 0 Å². The molecule has 0 aliphatic carbocycles. The van der Waals surface area contributed by atoms with Gasteiger partial charge in [-0.15, -0.1) is 0 Å². The molecule has 0 aromatic heterocycles. The lowest BCUT2D eigenvalue weighted by Crippen LogP contribution is -2.44. The van der Waals surface area contributed by atoms with Crippen molar-refractivity contribution in [2.45, 2.75) is 20.3 Å². The highest BCUT2D eigenvalue weighted by atomic mass is 19.1. The Morgan fingerprint density at radius 1 is 1.09 bits per heavy atom. The maximum atomic E-state index is 14.1. The van der Waals surface area contributed by atoms with Crippen LogP contribution < -0.4 is 9.64 Å². The Hall–Kier alpha value is -1.33. The average molecular weight is 312 g/mol. The molecular formula is C17H29FN2O2. The number of benzene rings is 1. The van der Waals surface area contributed by atoms with Crippen LogP contribution in [0.2, 0.25) is 0 Å². The molecule has 0 saturated carbocycles. The lowest BCUT2D eigenvalue weighted by atomic mass is 10.2. The lowest BCUT2D eigenvalue weighted by molar-refractivity contribution is 0.172. The molecule has 1 aromatic carbocycles. The largest absolute Gasteiger partial charge is 0.493 e. The molecule has 0 atom stereocenters. The van der Waals surface area contributed by atoms with E-state index in [1.807, 2.05) is 26.0 Å². The van der Waals surface area contributed by atoms with Gasteiger partial charge in [0.25, 0.3) is 0 Å². The highest BCUT2D eigenvalue weighted by Crippen LogP contribution is 2.25. The van der Waals surface area contributed by atoms with Crippen molar-refractivity contribution >= 4 is 5.69 Å². The Balaban J connectivity index is 0.00000116. The lowest BCUT2D eigenvalue weighted by Gasteiger charge is -2.34. The number of rotatable bonds is 6. The Morgan fingerprint density at radius 3 is 2.36 bits per heavy atom. The molecule has 4 nitrogen and oxygen atoms in total. The van der Waals surface area contributed by atoms with Gasteiger partial charge in [0, 0.05) is 52.4 Å². The molecule has 0 amide bonds. The zero-order valence-electron chi connectivity index (χ0n) is 14.3. The summed E-state index contributed by atoms with van der Waals surface area (Å²) in [5.74, 6) is 0.371. The number of hydrogen-bond acceptors (Lipinski definition) is 4. The van der Waals surface area contributed by atoms with E-state index in [-0.39, 0.29) is 5.82 Å². The quantitative estimate of drug-likeness (QED) is 0.754. The number of halogens is 1. The molecule has 5 heteroatoms. The monoisotopic (exact) mass is 312 g/mol. The maximum absolute atomic E-state index is 14.1. The maximum Gasteiger partial charge on any atom is 0.150 e. The summed E-state index contributed by atoms with van der Waals surface area (Å²) in [4.78, 5) is 4.34. The van der Waals surface area contributed by atoms with Gasteiger partial charge in [-0.2, -0.15) is 0 Å². The molecule has 0 unspecified atom stereocenters. The van der Waals surface area contributed by atoms with Crippen LogP contribution in [0, 0.1) is 5.82 Å². The number of methoxy groups -OCH3 is 1. The van der Waals surface area contributed by atoms with Gasteiger partial charge >= 0.3 is 0 Å². The summed E-state index contributed by atoms with van der Waals surface area (Å²) in [6.07, 6.45) is 0.804. The minimum absolute atomic E-state index is 0.209. The third-order valence-electron chi connectivity index (χ3n) is 3.52. The molecule has 0 radical (unpaired) electrons. The van der Waals surface area contributed by atoms with E-state index in [1.165, 1.54) is 6.07 Å². The summed E-state index contributed by atoms with van der Waals surface area (Å²) < 4.78 is 24.6. The molecule has 1 aliphatic heterocycles. The average Bonchev–Trinajstić information content (AvgIpc) is 2.55. The molecule has 0 spiro atoms. The van der Waals surface area contributed by atoms with E-state index < -0.39 is 0 Å². The minimum Gasteiger partial charge on any atom is -0.493 e. The number of likely N-dealkylation sites (N-methyl/N-ethyl adjacent to an activating group) is 1. The minimum atomic E-state index is -0.209. The van der Waals surface area contributed by atoms with Crippen molar-refractivity contribution in [3.63, 3.8) is 0 Å². The van der Waals surface area contributed by atoms with Crippen molar-refractivity contribution < 1.29 is 13.9 Å². The zero-order chi connectivity index (χ0) is 16.4. The molecule has 0 bridgehead atoms. The van der Waals surface area contributed by atoms with Crippen LogP contribution in [0.5, 0.6) is 5.75 Å². The van der Waals surface area contributed by atoms with Crippen LogP contribution in [0.3, 0.4) is 0 Å². The Kier molecular flexibility index (Phi) is 8.85. The van der Waals surface area contributed by atoms with Gasteiger partial charge in [-0.3, -0.25) is 0 Å². The van der Waals surface area contributed by atoms with Crippen molar-refractivity contribution in [2.24, 2.45) is 0 Å². The van der Waals surface area contributed by atoms with Gasteiger partial charge in [-0.05, 0) is 19.2 Å². The van der Waals surface area contributed by atoms with Crippen molar-refractivity contribution in [1.29, 1.82) is 0 Å². The normalized spacial score (nSPS) is 15.2. The second-order valence-corrected chi connectivity index (χ2v) is 5.10. The second-order valence-electron chi connectivity index (χ2n) is 5.10. The number of ether oxygens (including phenoxy) is 2. The molecule has 1 heterocycles. The molecule has 0 N–H and O–H groups in total. The predicted octanol–water partition coefficient (Wildman–Crippen LogP) is 3.02. The van der Waals surface area contributed by atoms with Crippen molar-refractivity contribution in [2.75, 3.05) is 58.5 Å². The predicted molar refractivity (Wildman–Crippen MR) is 89.4 cm³/mol. The van der Waals surface area contributed by atoms with Gasteiger partial charge in [0.05, 0.1) is 12.3 Å². The first-order valence-corrected chi connectivity index (χ1v) is 8.05. The Bertz CT molecular complexity index is 421. The molecule has 1 fully saturated rings. The van der Waals surface area contributed by atoms with Gasteiger partial charge in [-0.1, -0.05) is 13.8 Å². The summed E-state index contributed by atoms with van der Waals surface area (Å²) >= 11 is 0. The van der Waals surface area contributed by atoms with Crippen molar-refractivity contribution in [3.05, 3.63) is 24.0 Å². The smallest absolute Gasteiger partial charge is 0.150 e. The number of nitrogens with zero attached hydrogens (tertiary/aromatic N) is 2. The Morgan fingerprint density at radius 2 is 1.77 bits per heavy atom. The van der Waals surface area contributed by atoms with E-state index in [1.54, 1.807) is 7.11 Å². The molecule has 1 aromatic rings. The van der Waals surface area contributed by atoms with Crippen LogP contribution in [0.25, 0.3) is 0 Å². The van der Waals surface area contributed by atoms with Crippen LogP contribution in [0.4, 0.5) is 10.1 Å². The van der Waals surface area contributed by atoms with E-state index >= 15 is 0 Å². The van der Waals surface area contributed by atoms with Crippen LogP contribution in [-0.4, -0.2) is 58.5 Å². The SMILES string of the molecule is CC.COCCCOc1ccc(N2CCN(C)CC2)c(F)c1. The van der Waals surface area contributed by atoms with Crippen molar-refractivity contribution in [3.8, 4) is 5.75 Å². The van der Waals surface area contributed by atoms with E-state index in [9.17, 15) is 4.39 Å². The van der Waals surface area contributed by atoms with E-state index in [0.717, 1.165) is 32.6 Å². The third-order valence-corrected chi connectivity index (χ3v) is 3.52. The summed E-state index contributed by atoms with van der Waals surface area (Å²) in [5.41, 5.74) is 0.669. The zero-order valence-corrected chi connectivity index (χ0v) is 14.3. The summed E-state index contributed by atoms with van der Waals surface area (Å²) in [5, 5.41) is 0. The molecule has 1 saturated heterocycles. The van der Waals surface area contributed by atoms with Gasteiger partial charge in [0.1, 0.15) is 11.6 Å². The highest BCUT2D eigenvalue weighted by Gasteiger charge is 2.17. The fourth-order valence-corrected chi connectivity index (χ4v) is 2.27. The first-order chi connectivity index (χ1) is 10.7. The Labute approximate surface area is 133 Å². The summed E-state index contributed by atoms with van der Waals surface area (Å²) in [6, 6.07) is 5.12. The molecular weight excluding hydrogens is 283 g/mol. The highest BCUT2D eigenvalue weighted by molar-refractivity contribution is 5.51. The molecule has 1 aliphatic rings. The third kappa shape index (κ3) is 5.81. The van der Waals surface area contributed by atoms with E-state index in [0.29, 0.717) is 24.7 Å². The van der Waals surface area contributed by atoms with Crippen molar-refractivity contribution in [1.82, 2.24) is 4.90 Å². The van der Waals surface area contributed by atoms with Crippen LogP contribution >= 0.6 is 0 Å². The van der Waals surface area contributed by atoms with Gasteiger partial charge in [-0.25, -0.2) is 4.39 Å². The topological polar surface area (TPSA) is 24.9 Å².